The van der Waals surface area contributed by atoms with Gasteiger partial charge in [0.15, 0.2) is 0 Å². The number of hydrogen-bond acceptors (Lipinski definition) is 4. The van der Waals surface area contributed by atoms with Gasteiger partial charge in [-0.3, -0.25) is 9.59 Å². The molecule has 3 rings (SSSR count). The van der Waals surface area contributed by atoms with Gasteiger partial charge in [0, 0.05) is 12.6 Å². The number of hydrogen-bond donors (Lipinski definition) is 1. The van der Waals surface area contributed by atoms with Crippen LogP contribution < -0.4 is 5.32 Å². The predicted octanol–water partition coefficient (Wildman–Crippen LogP) is 2.99. The number of carbonyl (C=O) groups excluding carboxylic acids is 2. The van der Waals surface area contributed by atoms with Crippen LogP contribution in [0.25, 0.3) is 10.2 Å². The van der Waals surface area contributed by atoms with E-state index >= 15 is 0 Å². The zero-order chi connectivity index (χ0) is 17.8. The van der Waals surface area contributed by atoms with Gasteiger partial charge in [-0.15, -0.1) is 11.3 Å². The fraction of sp³-hybridized carbons (Fsp3) is 0.211. The summed E-state index contributed by atoms with van der Waals surface area (Å²) < 4.78 is 1.10. The first-order valence-corrected chi connectivity index (χ1v) is 8.78. The van der Waals surface area contributed by atoms with E-state index in [0.29, 0.717) is 12.1 Å². The van der Waals surface area contributed by atoms with Crippen LogP contribution in [0.15, 0.2) is 48.5 Å². The lowest BCUT2D eigenvalue weighted by Gasteiger charge is -2.16. The molecule has 0 unspecified atom stereocenters. The highest BCUT2D eigenvalue weighted by atomic mass is 32.1. The summed E-state index contributed by atoms with van der Waals surface area (Å²) in [4.78, 5) is 30.4. The molecule has 1 N–H and O–H groups in total. The van der Waals surface area contributed by atoms with Crippen LogP contribution in [-0.2, 0) is 11.3 Å². The number of likely N-dealkylation sites (N-methyl/N-ethyl adjacent to an activating group) is 1. The highest BCUT2D eigenvalue weighted by Gasteiger charge is 2.14. The molecule has 25 heavy (non-hydrogen) atoms. The third-order valence-corrected chi connectivity index (χ3v) is 4.87. The molecule has 2 amide bonds. The topological polar surface area (TPSA) is 62.3 Å². The molecule has 0 aliphatic carbocycles. The Bertz CT molecular complexity index is 869. The zero-order valence-electron chi connectivity index (χ0n) is 14.2. The van der Waals surface area contributed by atoms with Gasteiger partial charge in [0.25, 0.3) is 5.91 Å². The number of aromatic nitrogens is 1. The SMILES string of the molecule is Cc1ccc(C(=O)NCC(=O)N(C)Cc2nc3ccccc3s2)cc1. The quantitative estimate of drug-likeness (QED) is 0.767. The van der Waals surface area contributed by atoms with Crippen LogP contribution in [0, 0.1) is 6.92 Å². The van der Waals surface area contributed by atoms with E-state index in [0.717, 1.165) is 20.8 Å². The maximum Gasteiger partial charge on any atom is 0.251 e. The highest BCUT2D eigenvalue weighted by Crippen LogP contribution is 2.22. The summed E-state index contributed by atoms with van der Waals surface area (Å²) in [5, 5.41) is 3.54. The fourth-order valence-electron chi connectivity index (χ4n) is 2.38. The maximum atomic E-state index is 12.2. The standard InChI is InChI=1S/C19H19N3O2S/c1-13-7-9-14(10-8-13)19(24)20-11-18(23)22(2)12-17-21-15-5-3-4-6-16(15)25-17/h3-10H,11-12H2,1-2H3,(H,20,24). The third kappa shape index (κ3) is 4.22. The minimum atomic E-state index is -0.248. The highest BCUT2D eigenvalue weighted by molar-refractivity contribution is 7.18. The Morgan fingerprint density at radius 3 is 2.56 bits per heavy atom. The van der Waals surface area contributed by atoms with Gasteiger partial charge >= 0.3 is 0 Å². The van der Waals surface area contributed by atoms with E-state index in [1.807, 2.05) is 43.3 Å². The molecule has 6 heteroatoms. The van der Waals surface area contributed by atoms with Crippen molar-refractivity contribution in [1.82, 2.24) is 15.2 Å². The summed E-state index contributed by atoms with van der Waals surface area (Å²) in [6.45, 7) is 2.36. The minimum Gasteiger partial charge on any atom is -0.343 e. The van der Waals surface area contributed by atoms with Crippen LogP contribution in [0.5, 0.6) is 0 Å². The van der Waals surface area contributed by atoms with Gasteiger partial charge in [0.2, 0.25) is 5.91 Å². The second-order valence-electron chi connectivity index (χ2n) is 5.87. The molecule has 1 aromatic heterocycles. The molecule has 2 aromatic carbocycles. The van der Waals surface area contributed by atoms with E-state index in [-0.39, 0.29) is 18.4 Å². The van der Waals surface area contributed by atoms with Crippen LogP contribution in [0.3, 0.4) is 0 Å². The van der Waals surface area contributed by atoms with Crippen molar-refractivity contribution in [3.8, 4) is 0 Å². The largest absolute Gasteiger partial charge is 0.343 e. The molecule has 1 heterocycles. The Labute approximate surface area is 150 Å². The van der Waals surface area contributed by atoms with Gasteiger partial charge in [-0.25, -0.2) is 4.98 Å². The van der Waals surface area contributed by atoms with Crippen LogP contribution >= 0.6 is 11.3 Å². The van der Waals surface area contributed by atoms with Gasteiger partial charge in [-0.1, -0.05) is 29.8 Å². The first-order valence-electron chi connectivity index (χ1n) is 7.96. The second-order valence-corrected chi connectivity index (χ2v) is 6.99. The van der Waals surface area contributed by atoms with Gasteiger partial charge in [0.1, 0.15) is 5.01 Å². The first-order chi connectivity index (χ1) is 12.0. The molecule has 0 saturated carbocycles. The average molecular weight is 353 g/mol. The molecule has 0 aliphatic rings. The van der Waals surface area contributed by atoms with Gasteiger partial charge in [-0.05, 0) is 31.2 Å². The third-order valence-electron chi connectivity index (χ3n) is 3.85. The molecule has 0 radical (unpaired) electrons. The Balaban J connectivity index is 1.55. The predicted molar refractivity (Wildman–Crippen MR) is 99.6 cm³/mol. The second kappa shape index (κ2) is 7.44. The Morgan fingerprint density at radius 1 is 1.12 bits per heavy atom. The monoisotopic (exact) mass is 353 g/mol. The van der Waals surface area contributed by atoms with Crippen molar-refractivity contribution in [2.45, 2.75) is 13.5 Å². The molecule has 0 atom stereocenters. The molecule has 3 aromatic rings. The van der Waals surface area contributed by atoms with Crippen molar-refractivity contribution < 1.29 is 9.59 Å². The summed E-state index contributed by atoms with van der Waals surface area (Å²) >= 11 is 1.57. The summed E-state index contributed by atoms with van der Waals surface area (Å²) in [5.41, 5.74) is 2.58. The van der Waals surface area contributed by atoms with E-state index < -0.39 is 0 Å². The van der Waals surface area contributed by atoms with Crippen molar-refractivity contribution in [2.24, 2.45) is 0 Å². The molecule has 5 nitrogen and oxygen atoms in total. The molecule has 0 saturated heterocycles. The minimum absolute atomic E-state index is 0.0336. The average Bonchev–Trinajstić information content (AvgIpc) is 3.02. The van der Waals surface area contributed by atoms with Crippen molar-refractivity contribution >= 4 is 33.4 Å². The van der Waals surface area contributed by atoms with Crippen molar-refractivity contribution in [3.05, 3.63) is 64.7 Å². The molecule has 0 spiro atoms. The number of fused-ring (bicyclic) bond motifs is 1. The number of nitrogens with zero attached hydrogens (tertiary/aromatic N) is 2. The molecule has 0 fully saturated rings. The number of aryl methyl sites for hydroxylation is 1. The fourth-order valence-corrected chi connectivity index (χ4v) is 3.40. The lowest BCUT2D eigenvalue weighted by Crippen LogP contribution is -2.37. The van der Waals surface area contributed by atoms with Crippen LogP contribution in [-0.4, -0.2) is 35.3 Å². The zero-order valence-corrected chi connectivity index (χ0v) is 15.0. The van der Waals surface area contributed by atoms with Crippen molar-refractivity contribution in [3.63, 3.8) is 0 Å². The van der Waals surface area contributed by atoms with E-state index in [1.165, 1.54) is 0 Å². The van der Waals surface area contributed by atoms with Gasteiger partial charge < -0.3 is 10.2 Å². The molecular weight excluding hydrogens is 334 g/mol. The van der Waals surface area contributed by atoms with E-state index in [9.17, 15) is 9.59 Å². The number of amides is 2. The first kappa shape index (κ1) is 17.1. The van der Waals surface area contributed by atoms with Crippen LogP contribution in [0.2, 0.25) is 0 Å². The Kier molecular flexibility index (Phi) is 5.09. The normalized spacial score (nSPS) is 10.6. The number of para-hydroxylation sites is 1. The number of thiazole rings is 1. The Morgan fingerprint density at radius 2 is 1.84 bits per heavy atom. The van der Waals surface area contributed by atoms with Crippen LogP contribution in [0.4, 0.5) is 0 Å². The van der Waals surface area contributed by atoms with Gasteiger partial charge in [0.05, 0.1) is 23.3 Å². The Hall–Kier alpha value is -2.73. The molecule has 0 aliphatic heterocycles. The number of rotatable bonds is 5. The van der Waals surface area contributed by atoms with E-state index in [4.69, 9.17) is 0 Å². The summed E-state index contributed by atoms with van der Waals surface area (Å²) in [6.07, 6.45) is 0. The number of carbonyl (C=O) groups is 2. The van der Waals surface area contributed by atoms with Crippen molar-refractivity contribution in [1.29, 1.82) is 0 Å². The maximum absolute atomic E-state index is 12.2. The summed E-state index contributed by atoms with van der Waals surface area (Å²) in [6, 6.07) is 15.1. The van der Waals surface area contributed by atoms with E-state index in [1.54, 1.807) is 35.4 Å². The molecule has 128 valence electrons. The smallest absolute Gasteiger partial charge is 0.251 e. The van der Waals surface area contributed by atoms with Gasteiger partial charge in [-0.2, -0.15) is 0 Å². The number of nitrogens with one attached hydrogen (secondary N) is 1. The van der Waals surface area contributed by atoms with Crippen molar-refractivity contribution in [2.75, 3.05) is 13.6 Å². The number of benzene rings is 2. The molecule has 0 bridgehead atoms. The summed E-state index contributed by atoms with van der Waals surface area (Å²) in [5.74, 6) is -0.401. The summed E-state index contributed by atoms with van der Waals surface area (Å²) in [7, 11) is 1.71. The van der Waals surface area contributed by atoms with Crippen LogP contribution in [0.1, 0.15) is 20.9 Å². The van der Waals surface area contributed by atoms with E-state index in [2.05, 4.69) is 10.3 Å². The molecular formula is C19H19N3O2S. The lowest BCUT2D eigenvalue weighted by molar-refractivity contribution is -0.129. The lowest BCUT2D eigenvalue weighted by atomic mass is 10.1.